The lowest BCUT2D eigenvalue weighted by Crippen LogP contribution is -2.61. The van der Waals surface area contributed by atoms with Gasteiger partial charge in [-0.05, 0) is 17.7 Å². The number of rotatable bonds is 3. The van der Waals surface area contributed by atoms with Gasteiger partial charge in [-0.1, -0.05) is 63.9 Å². The van der Waals surface area contributed by atoms with Gasteiger partial charge in [-0.25, -0.2) is 4.79 Å². The molecule has 23 heavy (non-hydrogen) atoms. The number of halogens is 2. The molecule has 3 rings (SSSR count). The minimum Gasteiger partial charge on any atom is -0.445 e. The van der Waals surface area contributed by atoms with E-state index in [-0.39, 0.29) is 19.7 Å². The lowest BCUT2D eigenvalue weighted by molar-refractivity contribution is -0.0948. The Bertz CT molecular complexity index is 717. The number of amides is 1. The standard InChI is InChI=1S/C17H15BrClNO3/c18-13-6-7-14(15(19)8-13)17(22)10-20(11-17)16(21)23-9-12-4-2-1-3-5-12/h1-8,22H,9-11H2. The number of ether oxygens (including phenoxy) is 1. The summed E-state index contributed by atoms with van der Waals surface area (Å²) in [6.45, 7) is 0.553. The van der Waals surface area contributed by atoms with Crippen LogP contribution in [-0.4, -0.2) is 29.2 Å². The predicted octanol–water partition coefficient (Wildman–Crippen LogP) is 3.94. The van der Waals surface area contributed by atoms with Crippen molar-refractivity contribution in [2.75, 3.05) is 13.1 Å². The lowest BCUT2D eigenvalue weighted by Gasteiger charge is -2.46. The maximum absolute atomic E-state index is 12.0. The third kappa shape index (κ3) is 3.52. The molecule has 0 aromatic heterocycles. The van der Waals surface area contributed by atoms with E-state index in [2.05, 4.69) is 15.9 Å². The van der Waals surface area contributed by atoms with Crippen molar-refractivity contribution < 1.29 is 14.6 Å². The Labute approximate surface area is 147 Å². The molecule has 1 aliphatic rings. The molecule has 4 nitrogen and oxygen atoms in total. The lowest BCUT2D eigenvalue weighted by atomic mass is 9.86. The minimum atomic E-state index is -1.12. The molecule has 0 spiro atoms. The molecule has 120 valence electrons. The summed E-state index contributed by atoms with van der Waals surface area (Å²) in [7, 11) is 0. The molecule has 0 bridgehead atoms. The fraction of sp³-hybridized carbons (Fsp3) is 0.235. The summed E-state index contributed by atoms with van der Waals surface area (Å²) < 4.78 is 6.09. The van der Waals surface area contributed by atoms with E-state index in [0.717, 1.165) is 10.0 Å². The molecule has 0 saturated carbocycles. The smallest absolute Gasteiger partial charge is 0.410 e. The third-order valence-corrected chi connectivity index (χ3v) is 4.61. The fourth-order valence-corrected chi connectivity index (χ4v) is 3.41. The van der Waals surface area contributed by atoms with Gasteiger partial charge in [0.15, 0.2) is 0 Å². The van der Waals surface area contributed by atoms with Crippen molar-refractivity contribution in [2.45, 2.75) is 12.2 Å². The number of benzene rings is 2. The Morgan fingerprint density at radius 1 is 1.26 bits per heavy atom. The van der Waals surface area contributed by atoms with Gasteiger partial charge in [0.2, 0.25) is 0 Å². The molecule has 1 N–H and O–H groups in total. The fourth-order valence-electron chi connectivity index (χ4n) is 2.56. The molecule has 0 radical (unpaired) electrons. The van der Waals surface area contributed by atoms with Crippen LogP contribution in [0.5, 0.6) is 0 Å². The Morgan fingerprint density at radius 2 is 1.96 bits per heavy atom. The first-order valence-corrected chi connectivity index (χ1v) is 8.28. The Hall–Kier alpha value is -1.56. The second-order valence-corrected chi connectivity index (χ2v) is 6.87. The summed E-state index contributed by atoms with van der Waals surface area (Å²) in [5.41, 5.74) is 0.422. The SMILES string of the molecule is O=C(OCc1ccccc1)N1CC(O)(c2ccc(Br)cc2Cl)C1. The molecular weight excluding hydrogens is 382 g/mol. The molecule has 1 amide bonds. The van der Waals surface area contributed by atoms with Crippen LogP contribution >= 0.6 is 27.5 Å². The highest BCUT2D eigenvalue weighted by Gasteiger charge is 2.46. The molecule has 2 aromatic rings. The first-order valence-electron chi connectivity index (χ1n) is 7.11. The monoisotopic (exact) mass is 395 g/mol. The summed E-state index contributed by atoms with van der Waals surface area (Å²) in [5.74, 6) is 0. The largest absolute Gasteiger partial charge is 0.445 e. The normalized spacial score (nSPS) is 15.9. The molecule has 2 aromatic carbocycles. The van der Waals surface area contributed by atoms with Gasteiger partial charge in [0, 0.05) is 15.1 Å². The number of likely N-dealkylation sites (tertiary alicyclic amines) is 1. The van der Waals surface area contributed by atoms with Crippen molar-refractivity contribution in [3.63, 3.8) is 0 Å². The van der Waals surface area contributed by atoms with Crippen LogP contribution in [0.1, 0.15) is 11.1 Å². The summed E-state index contributed by atoms with van der Waals surface area (Å²) in [5, 5.41) is 11.1. The average molecular weight is 397 g/mol. The average Bonchev–Trinajstić information content (AvgIpc) is 2.50. The molecule has 1 heterocycles. The highest BCUT2D eigenvalue weighted by Crippen LogP contribution is 2.37. The van der Waals surface area contributed by atoms with Gasteiger partial charge >= 0.3 is 6.09 Å². The van der Waals surface area contributed by atoms with Crippen LogP contribution in [0.25, 0.3) is 0 Å². The molecule has 0 aliphatic carbocycles. The number of hydrogen-bond acceptors (Lipinski definition) is 3. The summed E-state index contributed by atoms with van der Waals surface area (Å²) in [6.07, 6.45) is -0.438. The second-order valence-electron chi connectivity index (χ2n) is 5.55. The van der Waals surface area contributed by atoms with Crippen LogP contribution in [-0.2, 0) is 16.9 Å². The number of hydrogen-bond donors (Lipinski definition) is 1. The summed E-state index contributed by atoms with van der Waals surface area (Å²) >= 11 is 9.50. The van der Waals surface area contributed by atoms with Crippen molar-refractivity contribution in [3.8, 4) is 0 Å². The highest BCUT2D eigenvalue weighted by atomic mass is 79.9. The van der Waals surface area contributed by atoms with Crippen molar-refractivity contribution in [1.29, 1.82) is 0 Å². The number of aliphatic hydroxyl groups is 1. The van der Waals surface area contributed by atoms with Gasteiger partial charge in [0.05, 0.1) is 13.1 Å². The van der Waals surface area contributed by atoms with Gasteiger partial charge in [-0.15, -0.1) is 0 Å². The van der Waals surface area contributed by atoms with Crippen molar-refractivity contribution in [2.24, 2.45) is 0 Å². The summed E-state index contributed by atoms with van der Waals surface area (Å²) in [6, 6.07) is 14.8. The van der Waals surface area contributed by atoms with Crippen LogP contribution in [0.4, 0.5) is 4.79 Å². The first-order chi connectivity index (χ1) is 11.0. The van der Waals surface area contributed by atoms with Crippen LogP contribution in [0, 0.1) is 0 Å². The molecule has 1 aliphatic heterocycles. The second kappa shape index (κ2) is 6.51. The van der Waals surface area contributed by atoms with Gasteiger partial charge in [0.1, 0.15) is 12.2 Å². The van der Waals surface area contributed by atoms with E-state index < -0.39 is 11.7 Å². The van der Waals surface area contributed by atoms with Gasteiger partial charge in [-0.2, -0.15) is 0 Å². The third-order valence-electron chi connectivity index (χ3n) is 3.80. The number of carbonyl (C=O) groups is 1. The summed E-state index contributed by atoms with van der Waals surface area (Å²) in [4.78, 5) is 13.5. The topological polar surface area (TPSA) is 49.8 Å². The Morgan fingerprint density at radius 3 is 2.61 bits per heavy atom. The number of nitrogens with zero attached hydrogens (tertiary/aromatic N) is 1. The van der Waals surface area contributed by atoms with E-state index in [1.807, 2.05) is 36.4 Å². The molecule has 1 fully saturated rings. The van der Waals surface area contributed by atoms with Gasteiger partial charge in [0.25, 0.3) is 0 Å². The van der Waals surface area contributed by atoms with Gasteiger partial charge < -0.3 is 14.7 Å². The van der Waals surface area contributed by atoms with Crippen LogP contribution in [0.15, 0.2) is 53.0 Å². The molecule has 6 heteroatoms. The predicted molar refractivity (Wildman–Crippen MR) is 91.2 cm³/mol. The van der Waals surface area contributed by atoms with Crippen LogP contribution in [0.3, 0.4) is 0 Å². The van der Waals surface area contributed by atoms with E-state index in [9.17, 15) is 9.90 Å². The highest BCUT2D eigenvalue weighted by molar-refractivity contribution is 9.10. The van der Waals surface area contributed by atoms with Crippen molar-refractivity contribution >= 4 is 33.6 Å². The molecule has 0 unspecified atom stereocenters. The van der Waals surface area contributed by atoms with Crippen molar-refractivity contribution in [1.82, 2.24) is 4.90 Å². The zero-order valence-electron chi connectivity index (χ0n) is 12.2. The number of carbonyl (C=O) groups excluding carboxylic acids is 1. The minimum absolute atomic E-state index is 0.169. The van der Waals surface area contributed by atoms with Crippen molar-refractivity contribution in [3.05, 3.63) is 69.2 Å². The van der Waals surface area contributed by atoms with E-state index in [1.54, 1.807) is 12.1 Å². The first kappa shape index (κ1) is 16.3. The molecule has 0 atom stereocenters. The molecular formula is C17H15BrClNO3. The Kier molecular flexibility index (Phi) is 4.62. The maximum Gasteiger partial charge on any atom is 0.410 e. The van der Waals surface area contributed by atoms with E-state index in [1.165, 1.54) is 4.90 Å². The Balaban J connectivity index is 1.58. The zero-order valence-corrected chi connectivity index (χ0v) is 14.5. The maximum atomic E-state index is 12.0. The van der Waals surface area contributed by atoms with Crippen LogP contribution in [0.2, 0.25) is 5.02 Å². The quantitative estimate of drug-likeness (QED) is 0.855. The van der Waals surface area contributed by atoms with E-state index in [4.69, 9.17) is 16.3 Å². The van der Waals surface area contributed by atoms with E-state index in [0.29, 0.717) is 10.6 Å². The zero-order chi connectivity index (χ0) is 16.4. The van der Waals surface area contributed by atoms with E-state index >= 15 is 0 Å². The van der Waals surface area contributed by atoms with Gasteiger partial charge in [-0.3, -0.25) is 0 Å². The molecule has 1 saturated heterocycles. The van der Waals surface area contributed by atoms with Crippen LogP contribution < -0.4 is 0 Å². The number of β-amino-alcohol motifs (C(OH)–C–C–N with tert-alkyl or cyclic N) is 1.